The SMILES string of the molecule is CCOP(O[Si](C)(C)C)O[Si](C)(C)C. The molecule has 0 bridgehead atoms. The lowest BCUT2D eigenvalue weighted by Crippen LogP contribution is -2.28. The summed E-state index contributed by atoms with van der Waals surface area (Å²) >= 11 is 0. The van der Waals surface area contributed by atoms with Crippen LogP contribution in [-0.2, 0) is 12.9 Å². The van der Waals surface area contributed by atoms with Gasteiger partial charge >= 0.3 is 8.60 Å². The zero-order valence-electron chi connectivity index (χ0n) is 10.4. The maximum absolute atomic E-state index is 5.85. The van der Waals surface area contributed by atoms with E-state index in [1.54, 1.807) is 0 Å². The van der Waals surface area contributed by atoms with Crippen LogP contribution in [0, 0.1) is 0 Å². The summed E-state index contributed by atoms with van der Waals surface area (Å²) < 4.78 is 17.2. The zero-order valence-corrected chi connectivity index (χ0v) is 13.3. The second-order valence-corrected chi connectivity index (χ2v) is 15.7. The van der Waals surface area contributed by atoms with Gasteiger partial charge in [0.2, 0.25) is 0 Å². The predicted molar refractivity (Wildman–Crippen MR) is 67.4 cm³/mol. The monoisotopic (exact) mass is 254 g/mol. The van der Waals surface area contributed by atoms with E-state index in [-0.39, 0.29) is 0 Å². The summed E-state index contributed by atoms with van der Waals surface area (Å²) in [6.45, 7) is 15.5. The van der Waals surface area contributed by atoms with Crippen molar-refractivity contribution in [3.05, 3.63) is 0 Å². The quantitative estimate of drug-likeness (QED) is 0.530. The molecule has 0 aromatic rings. The van der Waals surface area contributed by atoms with Gasteiger partial charge in [0.05, 0.1) is 6.61 Å². The number of hydrogen-bond acceptors (Lipinski definition) is 3. The van der Waals surface area contributed by atoms with Gasteiger partial charge in [0, 0.05) is 0 Å². The van der Waals surface area contributed by atoms with Gasteiger partial charge in [-0.2, -0.15) is 0 Å². The second kappa shape index (κ2) is 5.73. The highest BCUT2D eigenvalue weighted by Crippen LogP contribution is 2.45. The van der Waals surface area contributed by atoms with Gasteiger partial charge in [-0.25, -0.2) is 0 Å². The summed E-state index contributed by atoms with van der Waals surface area (Å²) in [6.07, 6.45) is 0. The van der Waals surface area contributed by atoms with Gasteiger partial charge in [-0.3, -0.25) is 0 Å². The molecule has 0 saturated carbocycles. The first-order valence-corrected chi connectivity index (χ1v) is 12.9. The Hall–Kier alpha value is 0.744. The lowest BCUT2D eigenvalue weighted by Gasteiger charge is -2.28. The molecule has 0 heterocycles. The predicted octanol–water partition coefficient (Wildman–Crippen LogP) is 3.95. The molecule has 0 aliphatic heterocycles. The van der Waals surface area contributed by atoms with Gasteiger partial charge in [-0.05, 0) is 46.2 Å². The van der Waals surface area contributed by atoms with Crippen molar-refractivity contribution in [2.24, 2.45) is 0 Å². The van der Waals surface area contributed by atoms with Crippen molar-refractivity contribution < 1.29 is 12.9 Å². The Morgan fingerprint density at radius 1 is 0.857 bits per heavy atom. The fourth-order valence-electron chi connectivity index (χ4n) is 0.624. The van der Waals surface area contributed by atoms with Crippen LogP contribution in [0.4, 0.5) is 0 Å². The number of hydrogen-bond donors (Lipinski definition) is 0. The van der Waals surface area contributed by atoms with E-state index >= 15 is 0 Å². The Morgan fingerprint density at radius 3 is 1.43 bits per heavy atom. The van der Waals surface area contributed by atoms with Crippen molar-refractivity contribution in [3.8, 4) is 0 Å². The van der Waals surface area contributed by atoms with E-state index in [1.807, 2.05) is 6.92 Å². The molecule has 0 aromatic carbocycles. The molecule has 14 heavy (non-hydrogen) atoms. The van der Waals surface area contributed by atoms with Crippen LogP contribution >= 0.6 is 8.60 Å². The van der Waals surface area contributed by atoms with Crippen LogP contribution in [0.2, 0.25) is 39.3 Å². The molecule has 0 spiro atoms. The van der Waals surface area contributed by atoms with Crippen molar-refractivity contribution in [2.45, 2.75) is 46.2 Å². The maximum Gasteiger partial charge on any atom is 0.311 e. The number of rotatable bonds is 6. The van der Waals surface area contributed by atoms with E-state index in [9.17, 15) is 0 Å². The van der Waals surface area contributed by atoms with Crippen LogP contribution in [0.25, 0.3) is 0 Å². The van der Waals surface area contributed by atoms with E-state index in [2.05, 4.69) is 39.3 Å². The minimum absolute atomic E-state index is 0.653. The zero-order chi connectivity index (χ0) is 11.4. The molecule has 0 atom stereocenters. The average molecular weight is 254 g/mol. The van der Waals surface area contributed by atoms with Crippen LogP contribution in [0.3, 0.4) is 0 Å². The normalized spacial score (nSPS) is 13.7. The summed E-state index contributed by atoms with van der Waals surface area (Å²) in [6, 6.07) is 0. The van der Waals surface area contributed by atoms with Crippen LogP contribution in [0.1, 0.15) is 6.92 Å². The molecule has 6 heteroatoms. The van der Waals surface area contributed by atoms with E-state index in [1.165, 1.54) is 0 Å². The molecule has 0 unspecified atom stereocenters. The van der Waals surface area contributed by atoms with Gasteiger partial charge in [0.15, 0.2) is 16.6 Å². The van der Waals surface area contributed by atoms with Crippen LogP contribution in [0.15, 0.2) is 0 Å². The third-order valence-electron chi connectivity index (χ3n) is 0.931. The van der Waals surface area contributed by atoms with E-state index in [0.717, 1.165) is 0 Å². The van der Waals surface area contributed by atoms with Crippen LogP contribution < -0.4 is 0 Å². The first kappa shape index (κ1) is 14.7. The van der Waals surface area contributed by atoms with Crippen molar-refractivity contribution >= 4 is 25.2 Å². The van der Waals surface area contributed by atoms with E-state index in [4.69, 9.17) is 12.9 Å². The highest BCUT2D eigenvalue weighted by molar-refractivity contribution is 7.45. The lowest BCUT2D eigenvalue weighted by atomic mass is 10.9. The van der Waals surface area contributed by atoms with Gasteiger partial charge in [-0.15, -0.1) is 0 Å². The Labute approximate surface area is 91.4 Å². The fourth-order valence-corrected chi connectivity index (χ4v) is 5.32. The molecule has 0 rings (SSSR count). The summed E-state index contributed by atoms with van der Waals surface area (Å²) in [7, 11) is -4.23. The smallest absolute Gasteiger partial charge is 0.311 e. The van der Waals surface area contributed by atoms with E-state index in [0.29, 0.717) is 6.61 Å². The Kier molecular flexibility index (Phi) is 6.03. The standard InChI is InChI=1S/C8H23O3PSi2/c1-8-9-12(10-13(2,3)4)11-14(5,6)7/h8H2,1-7H3. The van der Waals surface area contributed by atoms with Crippen molar-refractivity contribution in [2.75, 3.05) is 6.61 Å². The molecular formula is C8H23O3PSi2. The van der Waals surface area contributed by atoms with Crippen molar-refractivity contribution in [3.63, 3.8) is 0 Å². The highest BCUT2D eigenvalue weighted by atomic mass is 31.2. The first-order valence-electron chi connectivity index (χ1n) is 4.95. The molecular weight excluding hydrogens is 231 g/mol. The molecule has 0 saturated heterocycles. The molecule has 0 fully saturated rings. The molecule has 0 aliphatic carbocycles. The van der Waals surface area contributed by atoms with Crippen LogP contribution in [0.5, 0.6) is 0 Å². The largest absolute Gasteiger partial charge is 0.355 e. The molecule has 86 valence electrons. The minimum Gasteiger partial charge on any atom is -0.355 e. The molecule has 0 radical (unpaired) electrons. The molecule has 0 aromatic heterocycles. The van der Waals surface area contributed by atoms with Crippen molar-refractivity contribution in [1.29, 1.82) is 0 Å². The van der Waals surface area contributed by atoms with Gasteiger partial charge in [-0.1, -0.05) is 0 Å². The van der Waals surface area contributed by atoms with Gasteiger partial charge in [0.25, 0.3) is 0 Å². The summed E-state index contributed by atoms with van der Waals surface area (Å²) in [4.78, 5) is 0. The Balaban J connectivity index is 4.16. The summed E-state index contributed by atoms with van der Waals surface area (Å²) in [5, 5.41) is 0. The molecule has 0 aliphatic rings. The third-order valence-corrected chi connectivity index (χ3v) is 6.97. The molecule has 0 amide bonds. The molecule has 0 N–H and O–H groups in total. The van der Waals surface area contributed by atoms with Gasteiger partial charge < -0.3 is 12.9 Å². The highest BCUT2D eigenvalue weighted by Gasteiger charge is 2.28. The second-order valence-electron chi connectivity index (χ2n) is 5.05. The Morgan fingerprint density at radius 2 is 1.21 bits per heavy atom. The minimum atomic E-state index is -1.56. The maximum atomic E-state index is 5.85. The first-order chi connectivity index (χ1) is 6.14. The Bertz CT molecular complexity index is 149. The van der Waals surface area contributed by atoms with Crippen LogP contribution in [-0.4, -0.2) is 23.2 Å². The summed E-state index contributed by atoms with van der Waals surface area (Å²) in [5.74, 6) is 0. The van der Waals surface area contributed by atoms with Gasteiger partial charge in [0.1, 0.15) is 0 Å². The topological polar surface area (TPSA) is 27.7 Å². The average Bonchev–Trinajstić information content (AvgIpc) is 1.78. The van der Waals surface area contributed by atoms with E-state index < -0.39 is 25.2 Å². The lowest BCUT2D eigenvalue weighted by molar-refractivity contribution is 0.277. The summed E-state index contributed by atoms with van der Waals surface area (Å²) in [5.41, 5.74) is 0. The van der Waals surface area contributed by atoms with Crippen molar-refractivity contribution in [1.82, 2.24) is 0 Å². The third kappa shape index (κ3) is 9.30. The molecule has 3 nitrogen and oxygen atoms in total. The fraction of sp³-hybridized carbons (Fsp3) is 1.00.